The van der Waals surface area contributed by atoms with E-state index in [4.69, 9.17) is 20.4 Å². The Morgan fingerprint density at radius 1 is 0.500 bits per heavy atom. The van der Waals surface area contributed by atoms with Crippen molar-refractivity contribution in [1.82, 2.24) is 0 Å². The van der Waals surface area contributed by atoms with Crippen LogP contribution in [0.2, 0.25) is 0 Å². The van der Waals surface area contributed by atoms with Crippen LogP contribution in [0.5, 0.6) is 0 Å². The predicted molar refractivity (Wildman–Crippen MR) is 73.9 cm³/mol. The SMILES string of the molecule is O[C@@H]1CSSC[C@H]1O.O[C@H]1CSSC[C@@H]1O. The Hall–Kier alpha value is 1.24. The molecular weight excluding hydrogens is 288 g/mol. The standard InChI is InChI=1S/2C4H8O2S2/c2*5-3-1-7-8-2-4(3)6/h2*3-6H,1-2H2/t2*3-,4-/m10/s1. The van der Waals surface area contributed by atoms with Gasteiger partial charge in [-0.15, -0.1) is 0 Å². The minimum Gasteiger partial charge on any atom is -0.390 e. The predicted octanol–water partition coefficient (Wildman–Crippen LogP) is 0.206. The maximum absolute atomic E-state index is 8.89. The Kier molecular flexibility index (Phi) is 7.99. The summed E-state index contributed by atoms with van der Waals surface area (Å²) in [5, 5.41) is 35.6. The van der Waals surface area contributed by atoms with Gasteiger partial charge in [0.05, 0.1) is 24.4 Å². The van der Waals surface area contributed by atoms with Crippen LogP contribution >= 0.6 is 43.2 Å². The third kappa shape index (κ3) is 5.72. The molecule has 2 fully saturated rings. The highest BCUT2D eigenvalue weighted by Gasteiger charge is 2.21. The first-order chi connectivity index (χ1) is 7.61. The van der Waals surface area contributed by atoms with Crippen LogP contribution in [-0.4, -0.2) is 67.9 Å². The second-order valence-corrected chi connectivity index (χ2v) is 8.51. The van der Waals surface area contributed by atoms with Gasteiger partial charge in [-0.05, 0) is 0 Å². The van der Waals surface area contributed by atoms with Crippen molar-refractivity contribution in [3.63, 3.8) is 0 Å². The van der Waals surface area contributed by atoms with E-state index in [9.17, 15) is 0 Å². The minimum absolute atomic E-state index is 0.499. The maximum atomic E-state index is 8.89. The highest BCUT2D eigenvalue weighted by molar-refractivity contribution is 8.77. The molecule has 0 saturated carbocycles. The Bertz CT molecular complexity index is 157. The number of aliphatic hydroxyl groups excluding tert-OH is 4. The van der Waals surface area contributed by atoms with Gasteiger partial charge in [0.1, 0.15) is 0 Å². The summed E-state index contributed by atoms with van der Waals surface area (Å²) in [4.78, 5) is 0. The fourth-order valence-electron chi connectivity index (χ4n) is 0.916. The second-order valence-electron chi connectivity index (χ2n) is 3.41. The smallest absolute Gasteiger partial charge is 0.0906 e. The highest BCUT2D eigenvalue weighted by atomic mass is 33.1. The summed E-state index contributed by atoms with van der Waals surface area (Å²) in [7, 11) is 6.45. The molecule has 0 aromatic heterocycles. The molecule has 4 atom stereocenters. The van der Waals surface area contributed by atoms with E-state index < -0.39 is 24.4 Å². The monoisotopic (exact) mass is 304 g/mol. The summed E-state index contributed by atoms with van der Waals surface area (Å²) < 4.78 is 0. The highest BCUT2D eigenvalue weighted by Crippen LogP contribution is 2.29. The molecule has 2 rings (SSSR count). The quantitative estimate of drug-likeness (QED) is 0.473. The van der Waals surface area contributed by atoms with Gasteiger partial charge in [0, 0.05) is 23.0 Å². The number of rotatable bonds is 0. The van der Waals surface area contributed by atoms with Crippen molar-refractivity contribution in [1.29, 1.82) is 0 Å². The van der Waals surface area contributed by atoms with Gasteiger partial charge >= 0.3 is 0 Å². The molecule has 2 saturated heterocycles. The molecule has 2 heterocycles. The van der Waals surface area contributed by atoms with E-state index in [0.29, 0.717) is 23.0 Å². The molecule has 0 bridgehead atoms. The van der Waals surface area contributed by atoms with Crippen molar-refractivity contribution in [2.75, 3.05) is 23.0 Å². The molecule has 0 unspecified atom stereocenters. The van der Waals surface area contributed by atoms with E-state index in [-0.39, 0.29) is 0 Å². The maximum Gasteiger partial charge on any atom is 0.0906 e. The molecule has 0 spiro atoms. The number of aliphatic hydroxyl groups is 4. The Morgan fingerprint density at radius 3 is 0.812 bits per heavy atom. The molecule has 96 valence electrons. The first-order valence-corrected chi connectivity index (χ1v) is 9.80. The van der Waals surface area contributed by atoms with Gasteiger partial charge in [-0.1, -0.05) is 43.2 Å². The van der Waals surface area contributed by atoms with Crippen molar-refractivity contribution >= 4 is 43.2 Å². The molecule has 2 aliphatic rings. The van der Waals surface area contributed by atoms with Crippen molar-refractivity contribution in [3.8, 4) is 0 Å². The first kappa shape index (κ1) is 15.3. The zero-order valence-corrected chi connectivity index (χ0v) is 11.8. The summed E-state index contributed by atoms with van der Waals surface area (Å²) in [5.41, 5.74) is 0. The third-order valence-corrected chi connectivity index (χ3v) is 6.89. The summed E-state index contributed by atoms with van der Waals surface area (Å²) in [6.45, 7) is 0. The Labute approximate surface area is 111 Å². The molecule has 0 radical (unpaired) electrons. The van der Waals surface area contributed by atoms with E-state index in [0.717, 1.165) is 0 Å². The van der Waals surface area contributed by atoms with Crippen LogP contribution in [0.1, 0.15) is 0 Å². The van der Waals surface area contributed by atoms with Crippen molar-refractivity contribution < 1.29 is 20.4 Å². The molecular formula is C8H16O4S4. The van der Waals surface area contributed by atoms with Crippen LogP contribution in [0.4, 0.5) is 0 Å². The number of hydrogen-bond acceptors (Lipinski definition) is 8. The molecule has 0 aromatic rings. The molecule has 0 aliphatic carbocycles. The van der Waals surface area contributed by atoms with Crippen molar-refractivity contribution in [3.05, 3.63) is 0 Å². The zero-order chi connectivity index (χ0) is 12.0. The molecule has 4 nitrogen and oxygen atoms in total. The summed E-state index contributed by atoms with van der Waals surface area (Å²) in [6.07, 6.45) is -2.00. The van der Waals surface area contributed by atoms with E-state index in [1.807, 2.05) is 0 Å². The van der Waals surface area contributed by atoms with Gasteiger partial charge in [-0.2, -0.15) is 0 Å². The van der Waals surface area contributed by atoms with Gasteiger partial charge < -0.3 is 20.4 Å². The van der Waals surface area contributed by atoms with Crippen LogP contribution in [-0.2, 0) is 0 Å². The van der Waals surface area contributed by atoms with E-state index >= 15 is 0 Å². The lowest BCUT2D eigenvalue weighted by molar-refractivity contribution is 0.0493. The van der Waals surface area contributed by atoms with E-state index in [1.165, 1.54) is 0 Å². The zero-order valence-electron chi connectivity index (χ0n) is 8.56. The first-order valence-electron chi connectivity index (χ1n) is 4.82. The van der Waals surface area contributed by atoms with Crippen LogP contribution in [0, 0.1) is 0 Å². The van der Waals surface area contributed by atoms with E-state index in [2.05, 4.69) is 0 Å². The Morgan fingerprint density at radius 2 is 0.688 bits per heavy atom. The van der Waals surface area contributed by atoms with Crippen LogP contribution in [0.15, 0.2) is 0 Å². The summed E-state index contributed by atoms with van der Waals surface area (Å²) in [6, 6.07) is 0. The molecule has 2 aliphatic heterocycles. The van der Waals surface area contributed by atoms with Crippen LogP contribution < -0.4 is 0 Å². The van der Waals surface area contributed by atoms with Gasteiger partial charge in [-0.3, -0.25) is 0 Å². The summed E-state index contributed by atoms with van der Waals surface area (Å²) in [5.74, 6) is 2.63. The topological polar surface area (TPSA) is 80.9 Å². The van der Waals surface area contributed by atoms with Crippen LogP contribution in [0.3, 0.4) is 0 Å². The summed E-state index contributed by atoms with van der Waals surface area (Å²) >= 11 is 0. The van der Waals surface area contributed by atoms with Gasteiger partial charge in [-0.25, -0.2) is 0 Å². The molecule has 0 amide bonds. The average molecular weight is 304 g/mol. The third-order valence-electron chi connectivity index (χ3n) is 2.01. The Balaban J connectivity index is 0.000000160. The van der Waals surface area contributed by atoms with Crippen molar-refractivity contribution in [2.45, 2.75) is 24.4 Å². The molecule has 4 N–H and O–H groups in total. The second kappa shape index (κ2) is 8.36. The van der Waals surface area contributed by atoms with E-state index in [1.54, 1.807) is 43.2 Å². The molecule has 16 heavy (non-hydrogen) atoms. The van der Waals surface area contributed by atoms with Gasteiger partial charge in [0.25, 0.3) is 0 Å². The lowest BCUT2D eigenvalue weighted by atomic mass is 10.3. The van der Waals surface area contributed by atoms with Crippen molar-refractivity contribution in [2.24, 2.45) is 0 Å². The lowest BCUT2D eigenvalue weighted by Gasteiger charge is -2.20. The fraction of sp³-hybridized carbons (Fsp3) is 1.00. The lowest BCUT2D eigenvalue weighted by Crippen LogP contribution is -2.32. The minimum atomic E-state index is -0.499. The fourth-order valence-corrected chi connectivity index (χ4v) is 5.57. The molecule has 8 heteroatoms. The number of hydrogen-bond donors (Lipinski definition) is 4. The average Bonchev–Trinajstić information content (AvgIpc) is 2.28. The largest absolute Gasteiger partial charge is 0.390 e. The van der Waals surface area contributed by atoms with Crippen LogP contribution in [0.25, 0.3) is 0 Å². The van der Waals surface area contributed by atoms with Gasteiger partial charge in [0.2, 0.25) is 0 Å². The normalized spacial score (nSPS) is 39.8. The molecule has 0 aromatic carbocycles. The van der Waals surface area contributed by atoms with Gasteiger partial charge in [0.15, 0.2) is 0 Å².